The van der Waals surface area contributed by atoms with E-state index in [2.05, 4.69) is 5.32 Å². The van der Waals surface area contributed by atoms with Crippen LogP contribution >= 0.6 is 0 Å². The van der Waals surface area contributed by atoms with E-state index in [-0.39, 0.29) is 6.03 Å². The van der Waals surface area contributed by atoms with Crippen LogP contribution in [0, 0.1) is 0 Å². The fourth-order valence-corrected chi connectivity index (χ4v) is 3.37. The summed E-state index contributed by atoms with van der Waals surface area (Å²) in [5.74, 6) is -0.849. The SMILES string of the molecule is CCCC1(C(=O)O)CCCN1C(=O)N1CCCNCC1. The molecular formula is C14H25N3O3. The largest absolute Gasteiger partial charge is 0.479 e. The lowest BCUT2D eigenvalue weighted by Crippen LogP contribution is -2.57. The molecule has 20 heavy (non-hydrogen) atoms. The summed E-state index contributed by atoms with van der Waals surface area (Å²) in [6.45, 7) is 5.62. The molecule has 2 aliphatic heterocycles. The Balaban J connectivity index is 2.15. The van der Waals surface area contributed by atoms with E-state index in [0.717, 1.165) is 32.4 Å². The number of hydrogen-bond acceptors (Lipinski definition) is 3. The second-order valence-electron chi connectivity index (χ2n) is 5.72. The molecule has 0 spiro atoms. The van der Waals surface area contributed by atoms with Gasteiger partial charge in [-0.05, 0) is 32.2 Å². The number of amides is 2. The predicted molar refractivity (Wildman–Crippen MR) is 75.7 cm³/mol. The van der Waals surface area contributed by atoms with Gasteiger partial charge >= 0.3 is 12.0 Å². The number of carboxylic acid groups (broad SMARTS) is 1. The second kappa shape index (κ2) is 6.43. The first kappa shape index (κ1) is 15.1. The molecule has 0 radical (unpaired) electrons. The highest BCUT2D eigenvalue weighted by molar-refractivity contribution is 5.87. The quantitative estimate of drug-likeness (QED) is 0.814. The Morgan fingerprint density at radius 1 is 1.20 bits per heavy atom. The zero-order valence-corrected chi connectivity index (χ0v) is 12.2. The summed E-state index contributed by atoms with van der Waals surface area (Å²) >= 11 is 0. The molecule has 0 aromatic heterocycles. The molecule has 6 heteroatoms. The molecule has 0 saturated carbocycles. The first-order valence-electron chi connectivity index (χ1n) is 7.62. The molecule has 1 atom stereocenters. The van der Waals surface area contributed by atoms with Crippen LogP contribution in [-0.2, 0) is 4.79 Å². The van der Waals surface area contributed by atoms with Gasteiger partial charge in [0.1, 0.15) is 5.54 Å². The minimum Gasteiger partial charge on any atom is -0.479 e. The summed E-state index contributed by atoms with van der Waals surface area (Å²) in [5.41, 5.74) is -0.981. The van der Waals surface area contributed by atoms with E-state index >= 15 is 0 Å². The molecule has 1 unspecified atom stereocenters. The van der Waals surface area contributed by atoms with E-state index in [9.17, 15) is 14.7 Å². The highest BCUT2D eigenvalue weighted by Crippen LogP contribution is 2.35. The fourth-order valence-electron chi connectivity index (χ4n) is 3.37. The Morgan fingerprint density at radius 3 is 2.70 bits per heavy atom. The summed E-state index contributed by atoms with van der Waals surface area (Å²) in [7, 11) is 0. The summed E-state index contributed by atoms with van der Waals surface area (Å²) in [6.07, 6.45) is 3.60. The molecule has 2 fully saturated rings. The van der Waals surface area contributed by atoms with Gasteiger partial charge in [0, 0.05) is 26.2 Å². The Bertz CT molecular complexity index is 367. The zero-order chi connectivity index (χ0) is 14.6. The van der Waals surface area contributed by atoms with Gasteiger partial charge in [-0.3, -0.25) is 0 Å². The molecular weight excluding hydrogens is 258 g/mol. The van der Waals surface area contributed by atoms with Crippen molar-refractivity contribution in [1.82, 2.24) is 15.1 Å². The zero-order valence-electron chi connectivity index (χ0n) is 12.2. The van der Waals surface area contributed by atoms with Crippen molar-refractivity contribution in [1.29, 1.82) is 0 Å². The van der Waals surface area contributed by atoms with Gasteiger partial charge in [0.15, 0.2) is 0 Å². The van der Waals surface area contributed by atoms with Crippen molar-refractivity contribution in [2.75, 3.05) is 32.7 Å². The number of urea groups is 1. The molecule has 0 aromatic rings. The van der Waals surface area contributed by atoms with Crippen LogP contribution in [0.15, 0.2) is 0 Å². The van der Waals surface area contributed by atoms with Gasteiger partial charge in [-0.15, -0.1) is 0 Å². The van der Waals surface area contributed by atoms with Crippen LogP contribution in [-0.4, -0.2) is 65.2 Å². The van der Waals surface area contributed by atoms with Crippen molar-refractivity contribution in [2.45, 2.75) is 44.6 Å². The maximum Gasteiger partial charge on any atom is 0.329 e. The van der Waals surface area contributed by atoms with Crippen molar-refractivity contribution < 1.29 is 14.7 Å². The topological polar surface area (TPSA) is 72.9 Å². The van der Waals surface area contributed by atoms with E-state index in [0.29, 0.717) is 32.5 Å². The van der Waals surface area contributed by atoms with Crippen molar-refractivity contribution in [2.24, 2.45) is 0 Å². The number of carbonyl (C=O) groups is 2. The maximum atomic E-state index is 12.7. The Labute approximate surface area is 120 Å². The van der Waals surface area contributed by atoms with Gasteiger partial charge in [-0.1, -0.05) is 13.3 Å². The lowest BCUT2D eigenvalue weighted by molar-refractivity contribution is -0.148. The highest BCUT2D eigenvalue weighted by Gasteiger charge is 2.50. The van der Waals surface area contributed by atoms with Gasteiger partial charge in [-0.2, -0.15) is 0 Å². The standard InChI is InChI=1S/C14H25N3O3/c1-2-5-14(12(18)19)6-3-10-17(14)13(20)16-9-4-7-15-8-11-16/h15H,2-11H2,1H3,(H,18,19). The second-order valence-corrected chi connectivity index (χ2v) is 5.72. The number of rotatable bonds is 3. The number of carboxylic acids is 1. The Kier molecular flexibility index (Phi) is 4.86. The molecule has 6 nitrogen and oxygen atoms in total. The third-order valence-electron chi connectivity index (χ3n) is 4.39. The molecule has 2 saturated heterocycles. The molecule has 2 aliphatic rings. The monoisotopic (exact) mass is 283 g/mol. The van der Waals surface area contributed by atoms with Crippen molar-refractivity contribution >= 4 is 12.0 Å². The van der Waals surface area contributed by atoms with Gasteiger partial charge in [0.05, 0.1) is 0 Å². The van der Waals surface area contributed by atoms with Crippen LogP contribution in [0.25, 0.3) is 0 Å². The summed E-state index contributed by atoms with van der Waals surface area (Å²) in [5, 5.41) is 12.9. The molecule has 2 amide bonds. The lowest BCUT2D eigenvalue weighted by atomic mass is 9.91. The van der Waals surface area contributed by atoms with E-state index in [1.165, 1.54) is 0 Å². The van der Waals surface area contributed by atoms with E-state index in [1.54, 1.807) is 9.80 Å². The summed E-state index contributed by atoms with van der Waals surface area (Å²) in [6, 6.07) is -0.0953. The van der Waals surface area contributed by atoms with Crippen LogP contribution in [0.4, 0.5) is 4.79 Å². The third-order valence-corrected chi connectivity index (χ3v) is 4.39. The number of hydrogen-bond donors (Lipinski definition) is 2. The van der Waals surface area contributed by atoms with E-state index < -0.39 is 11.5 Å². The van der Waals surface area contributed by atoms with Crippen LogP contribution in [0.2, 0.25) is 0 Å². The Morgan fingerprint density at radius 2 is 2.00 bits per heavy atom. The van der Waals surface area contributed by atoms with Gasteiger partial charge in [-0.25, -0.2) is 9.59 Å². The average molecular weight is 283 g/mol. The highest BCUT2D eigenvalue weighted by atomic mass is 16.4. The number of nitrogens with zero attached hydrogens (tertiary/aromatic N) is 2. The molecule has 0 aliphatic carbocycles. The summed E-state index contributed by atoms with van der Waals surface area (Å²) < 4.78 is 0. The number of likely N-dealkylation sites (tertiary alicyclic amines) is 1. The van der Waals surface area contributed by atoms with Gasteiger partial charge < -0.3 is 20.2 Å². The number of nitrogens with one attached hydrogen (secondary N) is 1. The van der Waals surface area contributed by atoms with Crippen LogP contribution in [0.1, 0.15) is 39.0 Å². The van der Waals surface area contributed by atoms with Crippen molar-refractivity contribution in [3.05, 3.63) is 0 Å². The lowest BCUT2D eigenvalue weighted by Gasteiger charge is -2.37. The van der Waals surface area contributed by atoms with Crippen molar-refractivity contribution in [3.8, 4) is 0 Å². The van der Waals surface area contributed by atoms with Gasteiger partial charge in [0.25, 0.3) is 0 Å². The third kappa shape index (κ3) is 2.75. The fraction of sp³-hybridized carbons (Fsp3) is 0.857. The number of aliphatic carboxylic acids is 1. The maximum absolute atomic E-state index is 12.7. The minimum atomic E-state index is -0.981. The average Bonchev–Trinajstić information content (AvgIpc) is 2.68. The normalized spacial score (nSPS) is 27.4. The van der Waals surface area contributed by atoms with Gasteiger partial charge in [0.2, 0.25) is 0 Å². The van der Waals surface area contributed by atoms with E-state index in [1.807, 2.05) is 6.92 Å². The smallest absolute Gasteiger partial charge is 0.329 e. The first-order chi connectivity index (χ1) is 9.62. The first-order valence-corrected chi connectivity index (χ1v) is 7.62. The number of carbonyl (C=O) groups excluding carboxylic acids is 1. The van der Waals surface area contributed by atoms with Crippen LogP contribution < -0.4 is 5.32 Å². The summed E-state index contributed by atoms with van der Waals surface area (Å²) in [4.78, 5) is 27.9. The van der Waals surface area contributed by atoms with Crippen LogP contribution in [0.5, 0.6) is 0 Å². The van der Waals surface area contributed by atoms with Crippen LogP contribution in [0.3, 0.4) is 0 Å². The molecule has 0 bridgehead atoms. The molecule has 0 aromatic carbocycles. The predicted octanol–water partition coefficient (Wildman–Crippen LogP) is 1.12. The molecule has 2 N–H and O–H groups in total. The minimum absolute atomic E-state index is 0.0953. The van der Waals surface area contributed by atoms with Crippen molar-refractivity contribution in [3.63, 3.8) is 0 Å². The van der Waals surface area contributed by atoms with E-state index in [4.69, 9.17) is 0 Å². The molecule has 2 heterocycles. The molecule has 2 rings (SSSR count). The Hall–Kier alpha value is -1.30. The molecule has 114 valence electrons.